The fourth-order valence-corrected chi connectivity index (χ4v) is 0. The quantitative estimate of drug-likeness (QED) is 0.215. The zero-order valence-electron chi connectivity index (χ0n) is 3.39. The van der Waals surface area contributed by atoms with E-state index in [-0.39, 0.29) is 144 Å². The Kier molecular flexibility index (Phi) is 2100. The van der Waals surface area contributed by atoms with Gasteiger partial charge in [-0.1, -0.05) is 0 Å². The summed E-state index contributed by atoms with van der Waals surface area (Å²) < 4.78 is 0. The summed E-state index contributed by atoms with van der Waals surface area (Å²) in [6, 6.07) is 0. The van der Waals surface area contributed by atoms with Gasteiger partial charge in [0.2, 0.25) is 0 Å². The monoisotopic (exact) mass is 760 g/mol. The standard InChI is InChI=1S/Ga.2In.5H2O.2Ta.9H/h;;;5*1H2;;;;;;;;;;;. The first-order valence-electron chi connectivity index (χ1n) is 0. The first-order chi connectivity index (χ1) is 0. The van der Waals surface area contributed by atoms with Gasteiger partial charge in [-0.25, -0.2) is 0 Å². The predicted molar refractivity (Wildman–Crippen MR) is 47.9 cm³/mol. The van der Waals surface area contributed by atoms with E-state index < -0.39 is 0 Å². The van der Waals surface area contributed by atoms with E-state index in [1.165, 1.54) is 0 Å². The van der Waals surface area contributed by atoms with Crippen molar-refractivity contribution in [2.45, 2.75) is 0 Å². The molecule has 0 fully saturated rings. The fraction of sp³-hybridized carbons (Fsp3) is 0. The van der Waals surface area contributed by atoms with Crippen LogP contribution in [-0.2, 0) is 44.8 Å². The van der Waals surface area contributed by atoms with Crippen LogP contribution in [-0.4, -0.2) is 98.9 Å². The molecule has 0 rings (SSSR count). The van der Waals surface area contributed by atoms with Crippen LogP contribution in [0.25, 0.3) is 0 Å². The van der Waals surface area contributed by atoms with Crippen LogP contribution in [0, 0.1) is 0 Å². The molecule has 0 aliphatic carbocycles. The Morgan fingerprint density at radius 3 is 0.400 bits per heavy atom. The summed E-state index contributed by atoms with van der Waals surface area (Å²) >= 11 is 0. The minimum absolute atomic E-state index is 0. The van der Waals surface area contributed by atoms with Crippen molar-refractivity contribution < 1.29 is 72.1 Å². The van der Waals surface area contributed by atoms with Crippen LogP contribution < -0.4 is 0 Å². The van der Waals surface area contributed by atoms with E-state index >= 15 is 0 Å². The van der Waals surface area contributed by atoms with Crippen molar-refractivity contribution >= 4 is 71.5 Å². The van der Waals surface area contributed by atoms with Gasteiger partial charge < -0.3 is 27.4 Å². The molecule has 0 spiro atoms. The van der Waals surface area contributed by atoms with E-state index in [4.69, 9.17) is 0 Å². The van der Waals surface area contributed by atoms with E-state index in [9.17, 15) is 0 Å². The van der Waals surface area contributed by atoms with Crippen molar-refractivity contribution in [3.05, 3.63) is 0 Å². The van der Waals surface area contributed by atoms with Gasteiger partial charge in [-0.15, -0.1) is 0 Å². The normalized spacial score (nSPS) is 0. The summed E-state index contributed by atoms with van der Waals surface area (Å²) in [5.41, 5.74) is 0. The first kappa shape index (κ1) is 164. The maximum absolute atomic E-state index is 0. The van der Waals surface area contributed by atoms with Crippen molar-refractivity contribution in [3.8, 4) is 0 Å². The fourth-order valence-electron chi connectivity index (χ4n) is 0. The third-order valence-corrected chi connectivity index (χ3v) is 0. The molecular formula is H19GaIn2O5Ta2. The second-order valence-electron chi connectivity index (χ2n) is 0. The molecule has 0 atom stereocenters. The van der Waals surface area contributed by atoms with Crippen LogP contribution in [0.2, 0.25) is 0 Å². The Balaban J connectivity index is 0. The minimum Gasteiger partial charge on any atom is 0 e. The Labute approximate surface area is 141 Å². The average Bonchev–Trinajstić information content (AvgIpc) is 0. The summed E-state index contributed by atoms with van der Waals surface area (Å²) in [5.74, 6) is 0. The van der Waals surface area contributed by atoms with Gasteiger partial charge in [-0.2, -0.15) is 0 Å². The zero-order valence-corrected chi connectivity index (χ0v) is 9.82. The van der Waals surface area contributed by atoms with Crippen molar-refractivity contribution in [2.75, 3.05) is 0 Å². The maximum Gasteiger partial charge on any atom is 0 e. The van der Waals surface area contributed by atoms with Crippen molar-refractivity contribution in [1.82, 2.24) is 0 Å². The summed E-state index contributed by atoms with van der Waals surface area (Å²) in [5, 5.41) is 0. The Hall–Kier alpha value is 3.66. The molecule has 10 heavy (non-hydrogen) atoms. The third kappa shape index (κ3) is 99.0. The molecule has 0 amide bonds. The SMILES string of the molecule is O.O.O.O.O.[GaH3].[InH3].[InH3].[Ta].[Ta]. The Bertz CT molecular complexity index is 17.6. The van der Waals surface area contributed by atoms with Crippen LogP contribution in [0.3, 0.4) is 0 Å². The molecule has 0 saturated heterocycles. The van der Waals surface area contributed by atoms with Crippen molar-refractivity contribution in [1.29, 1.82) is 0 Å². The molecule has 2 radical (unpaired) electrons. The molecular weight excluding hydrogens is 741 g/mol. The molecule has 5 nitrogen and oxygen atoms in total. The largest absolute Gasteiger partial charge is 0 e. The molecule has 0 heterocycles. The Morgan fingerprint density at radius 1 is 0.400 bits per heavy atom. The first-order valence-corrected chi connectivity index (χ1v) is 0. The van der Waals surface area contributed by atoms with Crippen LogP contribution in [0.5, 0.6) is 0 Å². The van der Waals surface area contributed by atoms with Crippen LogP contribution in [0.15, 0.2) is 0 Å². The molecule has 68 valence electrons. The van der Waals surface area contributed by atoms with Gasteiger partial charge in [0.05, 0.1) is 0 Å². The van der Waals surface area contributed by atoms with Gasteiger partial charge in [0.25, 0.3) is 0 Å². The molecule has 0 unspecified atom stereocenters. The molecule has 0 aromatic carbocycles. The molecule has 10 heteroatoms. The smallest absolute Gasteiger partial charge is 0 e. The third-order valence-electron chi connectivity index (χ3n) is 0. The molecule has 0 aromatic rings. The number of rotatable bonds is 0. The van der Waals surface area contributed by atoms with Gasteiger partial charge in [0.1, 0.15) is 0 Å². The summed E-state index contributed by atoms with van der Waals surface area (Å²) in [6.45, 7) is 0. The summed E-state index contributed by atoms with van der Waals surface area (Å²) in [4.78, 5) is 0. The topological polar surface area (TPSA) is 158 Å². The maximum atomic E-state index is 0. The zero-order chi connectivity index (χ0) is 0. The van der Waals surface area contributed by atoms with Crippen LogP contribution in [0.1, 0.15) is 0 Å². The van der Waals surface area contributed by atoms with E-state index in [1.807, 2.05) is 0 Å². The Morgan fingerprint density at radius 2 is 0.400 bits per heavy atom. The van der Waals surface area contributed by atoms with E-state index in [1.54, 1.807) is 0 Å². The van der Waals surface area contributed by atoms with Gasteiger partial charge >= 0.3 is 71.5 Å². The second kappa shape index (κ2) is 129. The number of hydrogen-bond donors (Lipinski definition) is 0. The van der Waals surface area contributed by atoms with Crippen LogP contribution >= 0.6 is 0 Å². The molecule has 0 aliphatic rings. The molecule has 0 aliphatic heterocycles. The van der Waals surface area contributed by atoms with Gasteiger partial charge in [-0.3, -0.25) is 0 Å². The molecule has 0 saturated carbocycles. The minimum atomic E-state index is 0. The molecule has 10 N–H and O–H groups in total. The second-order valence-corrected chi connectivity index (χ2v) is 0. The van der Waals surface area contributed by atoms with Gasteiger partial charge in [-0.05, 0) is 0 Å². The van der Waals surface area contributed by atoms with Crippen molar-refractivity contribution in [2.24, 2.45) is 0 Å². The van der Waals surface area contributed by atoms with E-state index in [0.29, 0.717) is 0 Å². The van der Waals surface area contributed by atoms with Crippen molar-refractivity contribution in [3.63, 3.8) is 0 Å². The summed E-state index contributed by atoms with van der Waals surface area (Å²) in [6.07, 6.45) is 0. The van der Waals surface area contributed by atoms with E-state index in [2.05, 4.69) is 0 Å². The van der Waals surface area contributed by atoms with Crippen LogP contribution in [0.4, 0.5) is 0 Å². The molecule has 0 bridgehead atoms. The van der Waals surface area contributed by atoms with Gasteiger partial charge in [0.15, 0.2) is 0 Å². The molecule has 0 aromatic heterocycles. The predicted octanol–water partition coefficient (Wildman–Crippen LogP) is -7.68. The van der Waals surface area contributed by atoms with E-state index in [0.717, 1.165) is 0 Å². The average molecular weight is 760 g/mol. The van der Waals surface area contributed by atoms with Gasteiger partial charge in [0, 0.05) is 44.8 Å². The number of hydrogen-bond acceptors (Lipinski definition) is 0. The summed E-state index contributed by atoms with van der Waals surface area (Å²) in [7, 11) is 0.